The molecule has 13 heavy (non-hydrogen) atoms. The third-order valence-corrected chi connectivity index (χ3v) is 3.51. The van der Waals surface area contributed by atoms with Crippen molar-refractivity contribution in [3.8, 4) is 0 Å². The Morgan fingerprint density at radius 1 is 1.54 bits per heavy atom. The molecule has 1 unspecified atom stereocenters. The Morgan fingerprint density at radius 2 is 2.31 bits per heavy atom. The van der Waals surface area contributed by atoms with Crippen molar-refractivity contribution in [3.63, 3.8) is 0 Å². The summed E-state index contributed by atoms with van der Waals surface area (Å²) in [5, 5.41) is 3.45. The smallest absolute Gasteiger partial charge is 0.121 e. The first-order valence-corrected chi connectivity index (χ1v) is 5.09. The first-order chi connectivity index (χ1) is 6.32. The van der Waals surface area contributed by atoms with Crippen LogP contribution in [0, 0.1) is 5.41 Å². The SMILES string of the molecule is CCC1(CC)CNC1c1ccco1. The van der Waals surface area contributed by atoms with Crippen LogP contribution in [0.3, 0.4) is 0 Å². The van der Waals surface area contributed by atoms with Crippen LogP contribution in [-0.2, 0) is 0 Å². The third-order valence-electron chi connectivity index (χ3n) is 3.51. The van der Waals surface area contributed by atoms with Crippen LogP contribution >= 0.6 is 0 Å². The highest BCUT2D eigenvalue weighted by Gasteiger charge is 2.45. The van der Waals surface area contributed by atoms with Gasteiger partial charge in [0.1, 0.15) is 5.76 Å². The lowest BCUT2D eigenvalue weighted by Crippen LogP contribution is -2.55. The Kier molecular flexibility index (Phi) is 2.16. The topological polar surface area (TPSA) is 25.2 Å². The fourth-order valence-corrected chi connectivity index (χ4v) is 2.26. The lowest BCUT2D eigenvalue weighted by Gasteiger charge is -2.49. The van der Waals surface area contributed by atoms with Crippen molar-refractivity contribution >= 4 is 0 Å². The van der Waals surface area contributed by atoms with Gasteiger partial charge >= 0.3 is 0 Å². The molecule has 2 rings (SSSR count). The molecule has 0 spiro atoms. The Bertz CT molecular complexity index is 256. The highest BCUT2D eigenvalue weighted by atomic mass is 16.3. The molecule has 1 fully saturated rings. The van der Waals surface area contributed by atoms with E-state index in [9.17, 15) is 0 Å². The van der Waals surface area contributed by atoms with E-state index < -0.39 is 0 Å². The zero-order valence-corrected chi connectivity index (χ0v) is 8.34. The average molecular weight is 179 g/mol. The fourth-order valence-electron chi connectivity index (χ4n) is 2.26. The third kappa shape index (κ3) is 1.20. The van der Waals surface area contributed by atoms with Gasteiger partial charge in [0.25, 0.3) is 0 Å². The van der Waals surface area contributed by atoms with Crippen molar-refractivity contribution in [2.45, 2.75) is 32.7 Å². The number of furan rings is 1. The van der Waals surface area contributed by atoms with Gasteiger partial charge in [-0.1, -0.05) is 13.8 Å². The van der Waals surface area contributed by atoms with Crippen molar-refractivity contribution in [2.75, 3.05) is 6.54 Å². The molecule has 0 saturated carbocycles. The molecule has 0 radical (unpaired) electrons. The summed E-state index contributed by atoms with van der Waals surface area (Å²) in [4.78, 5) is 0. The van der Waals surface area contributed by atoms with Crippen LogP contribution in [0.2, 0.25) is 0 Å². The van der Waals surface area contributed by atoms with Gasteiger partial charge in [-0.3, -0.25) is 0 Å². The predicted molar refractivity (Wildman–Crippen MR) is 52.5 cm³/mol. The van der Waals surface area contributed by atoms with Gasteiger partial charge in [0.15, 0.2) is 0 Å². The molecule has 0 bridgehead atoms. The van der Waals surface area contributed by atoms with E-state index in [2.05, 4.69) is 25.2 Å². The number of hydrogen-bond acceptors (Lipinski definition) is 2. The fraction of sp³-hybridized carbons (Fsp3) is 0.636. The Hall–Kier alpha value is -0.760. The van der Waals surface area contributed by atoms with Crippen LogP contribution in [0.5, 0.6) is 0 Å². The Morgan fingerprint density at radius 3 is 2.69 bits per heavy atom. The van der Waals surface area contributed by atoms with Crippen molar-refractivity contribution in [1.29, 1.82) is 0 Å². The van der Waals surface area contributed by atoms with Crippen LogP contribution in [0.15, 0.2) is 22.8 Å². The van der Waals surface area contributed by atoms with E-state index in [0.29, 0.717) is 11.5 Å². The second-order valence-electron chi connectivity index (χ2n) is 3.90. The molecule has 1 atom stereocenters. The zero-order chi connectivity index (χ0) is 9.31. The van der Waals surface area contributed by atoms with Gasteiger partial charge in [0.05, 0.1) is 12.3 Å². The van der Waals surface area contributed by atoms with Gasteiger partial charge < -0.3 is 9.73 Å². The molecule has 0 aromatic carbocycles. The van der Waals surface area contributed by atoms with Crippen molar-refractivity contribution < 1.29 is 4.42 Å². The van der Waals surface area contributed by atoms with Gasteiger partial charge in [-0.05, 0) is 25.0 Å². The molecule has 1 aromatic rings. The normalized spacial score (nSPS) is 25.5. The van der Waals surface area contributed by atoms with Crippen LogP contribution in [-0.4, -0.2) is 6.54 Å². The lowest BCUT2D eigenvalue weighted by molar-refractivity contribution is 0.0556. The van der Waals surface area contributed by atoms with Gasteiger partial charge in [-0.25, -0.2) is 0 Å². The monoisotopic (exact) mass is 179 g/mol. The predicted octanol–water partition coefficient (Wildman–Crippen LogP) is 2.73. The second-order valence-corrected chi connectivity index (χ2v) is 3.90. The quantitative estimate of drug-likeness (QED) is 0.771. The molecule has 0 aliphatic carbocycles. The summed E-state index contributed by atoms with van der Waals surface area (Å²) in [7, 11) is 0. The summed E-state index contributed by atoms with van der Waals surface area (Å²) in [5.74, 6) is 1.09. The molecule has 2 heterocycles. The standard InChI is InChI=1S/C11H17NO/c1-3-11(4-2)8-12-10(11)9-6-5-7-13-9/h5-7,10,12H,3-4,8H2,1-2H3. The Balaban J connectivity index is 2.18. The molecule has 1 saturated heterocycles. The minimum absolute atomic E-state index is 0.442. The second kappa shape index (κ2) is 3.18. The summed E-state index contributed by atoms with van der Waals surface area (Å²) in [6, 6.07) is 4.47. The number of nitrogens with one attached hydrogen (secondary N) is 1. The van der Waals surface area contributed by atoms with E-state index in [4.69, 9.17) is 4.42 Å². The van der Waals surface area contributed by atoms with E-state index in [1.165, 1.54) is 12.8 Å². The average Bonchev–Trinajstić information content (AvgIpc) is 2.58. The molecule has 1 aliphatic rings. The van der Waals surface area contributed by atoms with Crippen molar-refractivity contribution in [1.82, 2.24) is 5.32 Å². The molecule has 1 aromatic heterocycles. The van der Waals surface area contributed by atoms with E-state index in [0.717, 1.165) is 12.3 Å². The molecule has 1 aliphatic heterocycles. The molecule has 2 nitrogen and oxygen atoms in total. The molecular formula is C11H17NO. The zero-order valence-electron chi connectivity index (χ0n) is 8.34. The molecular weight excluding hydrogens is 162 g/mol. The van der Waals surface area contributed by atoms with Gasteiger partial charge in [0.2, 0.25) is 0 Å². The minimum atomic E-state index is 0.442. The first-order valence-electron chi connectivity index (χ1n) is 5.09. The lowest BCUT2D eigenvalue weighted by atomic mass is 9.68. The summed E-state index contributed by atoms with van der Waals surface area (Å²) in [6.45, 7) is 5.66. The molecule has 2 heteroatoms. The maximum atomic E-state index is 5.43. The minimum Gasteiger partial charge on any atom is -0.468 e. The van der Waals surface area contributed by atoms with E-state index in [1.54, 1.807) is 6.26 Å². The largest absolute Gasteiger partial charge is 0.468 e. The summed E-state index contributed by atoms with van der Waals surface area (Å²) in [5.41, 5.74) is 0.442. The van der Waals surface area contributed by atoms with Gasteiger partial charge in [-0.15, -0.1) is 0 Å². The van der Waals surface area contributed by atoms with E-state index in [-0.39, 0.29) is 0 Å². The molecule has 0 amide bonds. The van der Waals surface area contributed by atoms with Crippen LogP contribution < -0.4 is 5.32 Å². The molecule has 72 valence electrons. The van der Waals surface area contributed by atoms with Crippen LogP contribution in [0.25, 0.3) is 0 Å². The van der Waals surface area contributed by atoms with E-state index >= 15 is 0 Å². The summed E-state index contributed by atoms with van der Waals surface area (Å²) in [6.07, 6.45) is 4.20. The molecule has 1 N–H and O–H groups in total. The van der Waals surface area contributed by atoms with Gasteiger partial charge in [0, 0.05) is 12.0 Å². The maximum absolute atomic E-state index is 5.43. The Labute approximate surface area is 79.3 Å². The highest BCUT2D eigenvalue weighted by molar-refractivity contribution is 5.15. The van der Waals surface area contributed by atoms with Crippen molar-refractivity contribution in [3.05, 3.63) is 24.2 Å². The van der Waals surface area contributed by atoms with Crippen LogP contribution in [0.1, 0.15) is 38.5 Å². The summed E-state index contributed by atoms with van der Waals surface area (Å²) >= 11 is 0. The van der Waals surface area contributed by atoms with Crippen molar-refractivity contribution in [2.24, 2.45) is 5.41 Å². The van der Waals surface area contributed by atoms with E-state index in [1.807, 2.05) is 6.07 Å². The first kappa shape index (κ1) is 8.82. The van der Waals surface area contributed by atoms with Crippen LogP contribution in [0.4, 0.5) is 0 Å². The summed E-state index contributed by atoms with van der Waals surface area (Å²) < 4.78 is 5.43. The number of rotatable bonds is 3. The maximum Gasteiger partial charge on any atom is 0.121 e. The number of hydrogen-bond donors (Lipinski definition) is 1. The van der Waals surface area contributed by atoms with Gasteiger partial charge in [-0.2, -0.15) is 0 Å². The highest BCUT2D eigenvalue weighted by Crippen LogP contribution is 2.46.